The van der Waals surface area contributed by atoms with Crippen LogP contribution >= 0.6 is 34.4 Å². The van der Waals surface area contributed by atoms with Gasteiger partial charge in [0.15, 0.2) is 4.34 Å². The monoisotopic (exact) mass is 324 g/mol. The third-order valence-corrected chi connectivity index (χ3v) is 5.39. The molecule has 8 heteroatoms. The van der Waals surface area contributed by atoms with E-state index in [0.717, 1.165) is 38.0 Å². The van der Waals surface area contributed by atoms with E-state index in [1.807, 2.05) is 13.0 Å². The molecule has 0 aromatic carbocycles. The highest BCUT2D eigenvalue weighted by atomic mass is 32.2. The van der Waals surface area contributed by atoms with Crippen molar-refractivity contribution >= 4 is 39.6 Å². The second-order valence-corrected chi connectivity index (χ2v) is 6.91. The molecule has 5 nitrogen and oxygen atoms in total. The van der Waals surface area contributed by atoms with Crippen LogP contribution in [0.2, 0.25) is 0 Å². The largest absolute Gasteiger partial charge is 0.472 e. The van der Waals surface area contributed by atoms with Crippen LogP contribution < -0.4 is 5.32 Å². The molecule has 3 heterocycles. The van der Waals surface area contributed by atoms with Gasteiger partial charge < -0.3 is 9.73 Å². The van der Waals surface area contributed by atoms with Crippen molar-refractivity contribution < 1.29 is 4.42 Å². The Balaban J connectivity index is 1.60. The van der Waals surface area contributed by atoms with Gasteiger partial charge >= 0.3 is 0 Å². The van der Waals surface area contributed by atoms with Crippen LogP contribution in [-0.2, 0) is 5.75 Å². The zero-order valence-electron chi connectivity index (χ0n) is 10.7. The van der Waals surface area contributed by atoms with Gasteiger partial charge in [-0.05, 0) is 13.0 Å². The molecule has 0 saturated heterocycles. The van der Waals surface area contributed by atoms with Crippen LogP contribution in [0, 0.1) is 0 Å². The van der Waals surface area contributed by atoms with Crippen molar-refractivity contribution in [2.75, 3.05) is 11.9 Å². The number of hydrogen-bond donors (Lipinski definition) is 1. The van der Waals surface area contributed by atoms with E-state index >= 15 is 0 Å². The Hall–Kier alpha value is -1.38. The highest BCUT2D eigenvalue weighted by Crippen LogP contribution is 2.30. The maximum absolute atomic E-state index is 5.07. The molecule has 3 aromatic rings. The normalized spacial score (nSPS) is 10.8. The van der Waals surface area contributed by atoms with Gasteiger partial charge in [-0.25, -0.2) is 4.98 Å². The van der Waals surface area contributed by atoms with E-state index in [2.05, 4.69) is 25.9 Å². The molecule has 3 aromatic heterocycles. The maximum Gasteiger partial charge on any atom is 0.206 e. The van der Waals surface area contributed by atoms with Crippen molar-refractivity contribution in [3.63, 3.8) is 0 Å². The second-order valence-electron chi connectivity index (χ2n) is 3.85. The molecule has 0 saturated carbocycles. The first-order valence-corrected chi connectivity index (χ1v) is 8.70. The van der Waals surface area contributed by atoms with Gasteiger partial charge in [0.05, 0.1) is 12.0 Å². The van der Waals surface area contributed by atoms with Gasteiger partial charge in [0, 0.05) is 23.2 Å². The lowest BCUT2D eigenvalue weighted by atomic mass is 10.4. The Bertz CT molecular complexity index is 662. The molecular formula is C12H12N4OS3. The summed E-state index contributed by atoms with van der Waals surface area (Å²) in [5.41, 5.74) is 2.08. The first-order chi connectivity index (χ1) is 9.85. The minimum Gasteiger partial charge on any atom is -0.472 e. The molecule has 0 aliphatic heterocycles. The standard InChI is InChI=1S/C12H12N4OS3/c1-2-13-11-15-16-12(20-11)19-7-9-6-18-10(14-9)8-3-4-17-5-8/h3-6H,2,7H2,1H3,(H,13,15). The van der Waals surface area contributed by atoms with Gasteiger partial charge in [0.1, 0.15) is 11.3 Å². The lowest BCUT2D eigenvalue weighted by molar-refractivity contribution is 0.568. The highest BCUT2D eigenvalue weighted by Gasteiger charge is 2.08. The summed E-state index contributed by atoms with van der Waals surface area (Å²) in [7, 11) is 0. The van der Waals surface area contributed by atoms with Crippen molar-refractivity contribution in [2.45, 2.75) is 17.0 Å². The van der Waals surface area contributed by atoms with Crippen LogP contribution in [0.5, 0.6) is 0 Å². The summed E-state index contributed by atoms with van der Waals surface area (Å²) in [4.78, 5) is 4.59. The van der Waals surface area contributed by atoms with Gasteiger partial charge in [-0.15, -0.1) is 21.5 Å². The third kappa shape index (κ3) is 3.20. The van der Waals surface area contributed by atoms with Gasteiger partial charge in [0.25, 0.3) is 0 Å². The molecule has 0 fully saturated rings. The predicted octanol–water partition coefficient (Wildman–Crippen LogP) is 3.98. The number of nitrogens with one attached hydrogen (secondary N) is 1. The zero-order valence-corrected chi connectivity index (χ0v) is 13.1. The average molecular weight is 324 g/mol. The lowest BCUT2D eigenvalue weighted by Crippen LogP contribution is -1.94. The molecule has 0 bridgehead atoms. The molecule has 0 unspecified atom stereocenters. The molecule has 0 spiro atoms. The molecular weight excluding hydrogens is 312 g/mol. The van der Waals surface area contributed by atoms with Crippen LogP contribution in [0.1, 0.15) is 12.6 Å². The lowest BCUT2D eigenvalue weighted by Gasteiger charge is -1.93. The van der Waals surface area contributed by atoms with E-state index in [1.165, 1.54) is 0 Å². The summed E-state index contributed by atoms with van der Waals surface area (Å²) in [5.74, 6) is 0.801. The number of thioether (sulfide) groups is 1. The van der Waals surface area contributed by atoms with Crippen LogP contribution in [0.3, 0.4) is 0 Å². The average Bonchev–Trinajstić information content (AvgIpc) is 3.18. The summed E-state index contributed by atoms with van der Waals surface area (Å²) in [6.45, 7) is 2.90. The molecule has 20 heavy (non-hydrogen) atoms. The SMILES string of the molecule is CCNc1nnc(SCc2csc(-c3ccoc3)n2)s1. The number of rotatable bonds is 6. The minimum atomic E-state index is 0.801. The highest BCUT2D eigenvalue weighted by molar-refractivity contribution is 8.00. The van der Waals surface area contributed by atoms with Crippen LogP contribution in [-0.4, -0.2) is 21.7 Å². The number of aromatic nitrogens is 3. The Morgan fingerprint density at radius 2 is 2.35 bits per heavy atom. The summed E-state index contributed by atoms with van der Waals surface area (Å²) in [6.07, 6.45) is 3.37. The van der Waals surface area contributed by atoms with Crippen LogP contribution in [0.15, 0.2) is 32.7 Å². The topological polar surface area (TPSA) is 63.8 Å². The fourth-order valence-electron chi connectivity index (χ4n) is 1.52. The van der Waals surface area contributed by atoms with E-state index < -0.39 is 0 Å². The first kappa shape index (κ1) is 13.6. The summed E-state index contributed by atoms with van der Waals surface area (Å²) in [5, 5.41) is 15.3. The molecule has 104 valence electrons. The van der Waals surface area contributed by atoms with E-state index in [4.69, 9.17) is 4.42 Å². The van der Waals surface area contributed by atoms with Crippen molar-refractivity contribution in [1.29, 1.82) is 0 Å². The quantitative estimate of drug-likeness (QED) is 0.692. The Morgan fingerprint density at radius 1 is 1.40 bits per heavy atom. The van der Waals surface area contributed by atoms with Gasteiger partial charge in [-0.1, -0.05) is 23.1 Å². The van der Waals surface area contributed by atoms with Crippen LogP contribution in [0.25, 0.3) is 10.6 Å². The second kappa shape index (κ2) is 6.38. The molecule has 0 amide bonds. The zero-order chi connectivity index (χ0) is 13.8. The van der Waals surface area contributed by atoms with E-state index in [0.29, 0.717) is 0 Å². The minimum absolute atomic E-state index is 0.801. The molecule has 0 atom stereocenters. The summed E-state index contributed by atoms with van der Waals surface area (Å²) >= 11 is 4.85. The Kier molecular flexibility index (Phi) is 4.34. The Labute approximate surface area is 128 Å². The number of hydrogen-bond acceptors (Lipinski definition) is 8. The smallest absolute Gasteiger partial charge is 0.206 e. The number of nitrogens with zero attached hydrogens (tertiary/aromatic N) is 3. The van der Waals surface area contributed by atoms with Crippen molar-refractivity contribution in [3.05, 3.63) is 29.7 Å². The van der Waals surface area contributed by atoms with Gasteiger partial charge in [-0.3, -0.25) is 0 Å². The van der Waals surface area contributed by atoms with Gasteiger partial charge in [0.2, 0.25) is 5.13 Å². The van der Waals surface area contributed by atoms with Crippen molar-refractivity contribution in [1.82, 2.24) is 15.2 Å². The molecule has 3 rings (SSSR count). The van der Waals surface area contributed by atoms with Crippen LogP contribution in [0.4, 0.5) is 5.13 Å². The summed E-state index contributed by atoms with van der Waals surface area (Å²) < 4.78 is 6.03. The van der Waals surface area contributed by atoms with Crippen molar-refractivity contribution in [2.24, 2.45) is 0 Å². The predicted molar refractivity (Wildman–Crippen MR) is 83.4 cm³/mol. The fourth-order valence-corrected chi connectivity index (χ4v) is 4.14. The molecule has 0 aliphatic rings. The van der Waals surface area contributed by atoms with E-state index in [9.17, 15) is 0 Å². The Morgan fingerprint density at radius 3 is 3.15 bits per heavy atom. The first-order valence-electron chi connectivity index (χ1n) is 6.02. The molecule has 0 aliphatic carbocycles. The third-order valence-electron chi connectivity index (χ3n) is 2.40. The van der Waals surface area contributed by atoms with Crippen molar-refractivity contribution in [3.8, 4) is 10.6 Å². The van der Waals surface area contributed by atoms with Gasteiger partial charge in [-0.2, -0.15) is 0 Å². The van der Waals surface area contributed by atoms with E-state index in [-0.39, 0.29) is 0 Å². The maximum atomic E-state index is 5.07. The summed E-state index contributed by atoms with van der Waals surface area (Å²) in [6, 6.07) is 1.92. The number of anilines is 1. The number of thiazole rings is 1. The fraction of sp³-hybridized carbons (Fsp3) is 0.250. The van der Waals surface area contributed by atoms with E-state index in [1.54, 1.807) is 47.0 Å². The number of furan rings is 1. The molecule has 1 N–H and O–H groups in total. The molecule has 0 radical (unpaired) electrons.